The molecule has 1 N–H and O–H groups in total. The van der Waals surface area contributed by atoms with Crippen LogP contribution in [0.1, 0.15) is 30.4 Å². The lowest BCUT2D eigenvalue weighted by Crippen LogP contribution is -2.14. The van der Waals surface area contributed by atoms with Crippen LogP contribution in [0.15, 0.2) is 66.7 Å². The van der Waals surface area contributed by atoms with Crippen LogP contribution in [0.4, 0.5) is 0 Å². The third kappa shape index (κ3) is 8.28. The number of rotatable bonds is 14. The van der Waals surface area contributed by atoms with Crippen molar-refractivity contribution in [3.05, 3.63) is 77.9 Å². The van der Waals surface area contributed by atoms with E-state index in [2.05, 4.69) is 12.2 Å². The number of hydrogen-bond donors (Lipinski definition) is 1. The SMILES string of the molecule is COc1ccc(COC[C@H]2O[C@@H]2C/C=C\CC[C@H](O)COCc2ccccc2)cc1. The lowest BCUT2D eigenvalue weighted by molar-refractivity contribution is 0.0250. The molecular weight excluding hydrogens is 380 g/mol. The summed E-state index contributed by atoms with van der Waals surface area (Å²) in [6.07, 6.45) is 6.66. The Morgan fingerprint density at radius 2 is 1.67 bits per heavy atom. The van der Waals surface area contributed by atoms with Gasteiger partial charge in [0.25, 0.3) is 0 Å². The minimum atomic E-state index is -0.436. The van der Waals surface area contributed by atoms with Crippen LogP contribution >= 0.6 is 0 Å². The molecule has 0 aromatic heterocycles. The van der Waals surface area contributed by atoms with Gasteiger partial charge in [0, 0.05) is 0 Å². The third-order valence-corrected chi connectivity index (χ3v) is 5.02. The van der Waals surface area contributed by atoms with Gasteiger partial charge >= 0.3 is 0 Å². The van der Waals surface area contributed by atoms with E-state index in [-0.39, 0.29) is 12.2 Å². The summed E-state index contributed by atoms with van der Waals surface area (Å²) in [5, 5.41) is 10.0. The van der Waals surface area contributed by atoms with E-state index in [1.165, 1.54) is 0 Å². The van der Waals surface area contributed by atoms with Crippen molar-refractivity contribution in [2.45, 2.75) is 50.8 Å². The van der Waals surface area contributed by atoms with Crippen LogP contribution < -0.4 is 4.74 Å². The van der Waals surface area contributed by atoms with Gasteiger partial charge in [-0.05, 0) is 42.5 Å². The first kappa shape index (κ1) is 22.5. The predicted octanol–water partition coefficient (Wildman–Crippen LogP) is 4.28. The molecule has 3 atom stereocenters. The molecule has 1 aliphatic heterocycles. The number of ether oxygens (including phenoxy) is 4. The largest absolute Gasteiger partial charge is 0.497 e. The van der Waals surface area contributed by atoms with Crippen LogP contribution in [0, 0.1) is 0 Å². The average molecular weight is 413 g/mol. The second-order valence-corrected chi connectivity index (χ2v) is 7.52. The Morgan fingerprint density at radius 1 is 0.933 bits per heavy atom. The van der Waals surface area contributed by atoms with Gasteiger partial charge in [-0.25, -0.2) is 0 Å². The third-order valence-electron chi connectivity index (χ3n) is 5.02. The molecular formula is C25H32O5. The first-order valence-corrected chi connectivity index (χ1v) is 10.6. The lowest BCUT2D eigenvalue weighted by atomic mass is 10.1. The van der Waals surface area contributed by atoms with E-state index in [9.17, 15) is 5.11 Å². The average Bonchev–Trinajstić information content (AvgIpc) is 3.53. The molecule has 2 aromatic rings. The molecule has 0 aliphatic carbocycles. The van der Waals surface area contributed by atoms with Gasteiger partial charge in [0.05, 0.1) is 45.7 Å². The van der Waals surface area contributed by atoms with Crippen molar-refractivity contribution >= 4 is 0 Å². The molecule has 1 aliphatic rings. The number of aliphatic hydroxyl groups is 1. The van der Waals surface area contributed by atoms with Gasteiger partial charge in [0.1, 0.15) is 11.9 Å². The summed E-state index contributed by atoms with van der Waals surface area (Å²) in [5.74, 6) is 0.850. The number of epoxide rings is 1. The topological polar surface area (TPSA) is 60.5 Å². The van der Waals surface area contributed by atoms with Crippen molar-refractivity contribution in [2.75, 3.05) is 20.3 Å². The molecule has 1 fully saturated rings. The van der Waals surface area contributed by atoms with Crippen molar-refractivity contribution < 1.29 is 24.1 Å². The maximum absolute atomic E-state index is 10.0. The Bertz CT molecular complexity index is 744. The summed E-state index contributed by atoms with van der Waals surface area (Å²) in [7, 11) is 1.66. The summed E-state index contributed by atoms with van der Waals surface area (Å²) in [5.41, 5.74) is 2.25. The van der Waals surface area contributed by atoms with E-state index in [1.54, 1.807) is 7.11 Å². The van der Waals surface area contributed by atoms with E-state index < -0.39 is 6.10 Å². The van der Waals surface area contributed by atoms with Crippen LogP contribution in [0.5, 0.6) is 5.75 Å². The number of benzene rings is 2. The van der Waals surface area contributed by atoms with Gasteiger partial charge in [-0.3, -0.25) is 0 Å². The molecule has 1 heterocycles. The molecule has 0 spiro atoms. The fourth-order valence-corrected chi connectivity index (χ4v) is 3.15. The Kier molecular flexibility index (Phi) is 9.38. The molecule has 5 heteroatoms. The minimum Gasteiger partial charge on any atom is -0.497 e. The van der Waals surface area contributed by atoms with Crippen molar-refractivity contribution in [1.29, 1.82) is 0 Å². The highest BCUT2D eigenvalue weighted by Gasteiger charge is 2.37. The molecule has 3 rings (SSSR count). The molecule has 0 bridgehead atoms. The quantitative estimate of drug-likeness (QED) is 0.371. The maximum Gasteiger partial charge on any atom is 0.118 e. The number of hydrogen-bond acceptors (Lipinski definition) is 5. The van der Waals surface area contributed by atoms with E-state index >= 15 is 0 Å². The number of methoxy groups -OCH3 is 1. The van der Waals surface area contributed by atoms with Crippen molar-refractivity contribution in [3.8, 4) is 5.75 Å². The molecule has 1 saturated heterocycles. The standard InChI is InChI=1S/C25H32O5/c1-27-23-14-12-21(13-15-23)17-29-19-25-24(30-25)11-7-3-6-10-22(26)18-28-16-20-8-4-2-5-9-20/h2-5,7-9,12-15,22,24-26H,6,10-11,16-19H2,1H3/b7-3-/t22-,24+,25+/m0/s1. The van der Waals surface area contributed by atoms with Crippen molar-refractivity contribution in [1.82, 2.24) is 0 Å². The fraction of sp³-hybridized carbons (Fsp3) is 0.440. The molecule has 0 radical (unpaired) electrons. The summed E-state index contributed by atoms with van der Waals surface area (Å²) in [6.45, 7) is 2.09. The Morgan fingerprint density at radius 3 is 2.43 bits per heavy atom. The van der Waals surface area contributed by atoms with Gasteiger partial charge in [-0.2, -0.15) is 0 Å². The molecule has 0 saturated carbocycles. The Labute approximate surface area is 179 Å². The van der Waals surface area contributed by atoms with Crippen LogP contribution in [0.2, 0.25) is 0 Å². The number of allylic oxidation sites excluding steroid dienone is 1. The van der Waals surface area contributed by atoms with E-state index in [0.717, 1.165) is 29.7 Å². The molecule has 30 heavy (non-hydrogen) atoms. The highest BCUT2D eigenvalue weighted by Crippen LogP contribution is 2.26. The Balaban J connectivity index is 1.18. The number of aliphatic hydroxyl groups excluding tert-OH is 1. The molecule has 2 aromatic carbocycles. The zero-order chi connectivity index (χ0) is 21.0. The second-order valence-electron chi connectivity index (χ2n) is 7.52. The van der Waals surface area contributed by atoms with Gasteiger partial charge in [-0.15, -0.1) is 0 Å². The first-order valence-electron chi connectivity index (χ1n) is 10.6. The monoisotopic (exact) mass is 412 g/mol. The van der Waals surface area contributed by atoms with Gasteiger partial charge < -0.3 is 24.1 Å². The van der Waals surface area contributed by atoms with Crippen LogP contribution in [0.25, 0.3) is 0 Å². The summed E-state index contributed by atoms with van der Waals surface area (Å²) >= 11 is 0. The molecule has 5 nitrogen and oxygen atoms in total. The molecule has 0 amide bonds. The second kappa shape index (κ2) is 12.5. The highest BCUT2D eigenvalue weighted by molar-refractivity contribution is 5.26. The summed E-state index contributed by atoms with van der Waals surface area (Å²) in [6, 6.07) is 17.9. The van der Waals surface area contributed by atoms with Crippen LogP contribution in [-0.4, -0.2) is 43.7 Å². The van der Waals surface area contributed by atoms with Gasteiger partial charge in [0.2, 0.25) is 0 Å². The van der Waals surface area contributed by atoms with Crippen molar-refractivity contribution in [2.24, 2.45) is 0 Å². The predicted molar refractivity (Wildman–Crippen MR) is 116 cm³/mol. The zero-order valence-electron chi connectivity index (χ0n) is 17.6. The van der Waals surface area contributed by atoms with E-state index in [1.807, 2.05) is 54.6 Å². The first-order chi connectivity index (χ1) is 14.7. The lowest BCUT2D eigenvalue weighted by Gasteiger charge is -2.10. The highest BCUT2D eigenvalue weighted by atomic mass is 16.6. The smallest absolute Gasteiger partial charge is 0.118 e. The van der Waals surface area contributed by atoms with Crippen LogP contribution in [-0.2, 0) is 27.4 Å². The normalized spacial score (nSPS) is 19.1. The van der Waals surface area contributed by atoms with Gasteiger partial charge in [-0.1, -0.05) is 54.6 Å². The van der Waals surface area contributed by atoms with Gasteiger partial charge in [0.15, 0.2) is 0 Å². The van der Waals surface area contributed by atoms with E-state index in [0.29, 0.717) is 32.8 Å². The zero-order valence-corrected chi connectivity index (χ0v) is 17.6. The van der Waals surface area contributed by atoms with E-state index in [4.69, 9.17) is 18.9 Å². The maximum atomic E-state index is 10.0. The Hall–Kier alpha value is -2.18. The van der Waals surface area contributed by atoms with Crippen molar-refractivity contribution in [3.63, 3.8) is 0 Å². The summed E-state index contributed by atoms with van der Waals surface area (Å²) < 4.78 is 22.1. The summed E-state index contributed by atoms with van der Waals surface area (Å²) in [4.78, 5) is 0. The molecule has 162 valence electrons. The minimum absolute atomic E-state index is 0.185. The fourth-order valence-electron chi connectivity index (χ4n) is 3.15. The molecule has 0 unspecified atom stereocenters. The van der Waals surface area contributed by atoms with Crippen LogP contribution in [0.3, 0.4) is 0 Å².